The molecule has 0 unspecified atom stereocenters. The molecule has 0 saturated heterocycles. The van der Waals surface area contributed by atoms with E-state index in [4.69, 9.17) is 11.6 Å². The van der Waals surface area contributed by atoms with Crippen LogP contribution in [0.15, 0.2) is 48.5 Å². The number of carbonyl (C=O) groups excluding carboxylic acids is 2. The van der Waals surface area contributed by atoms with Crippen LogP contribution in [0.1, 0.15) is 47.1 Å². The van der Waals surface area contributed by atoms with Gasteiger partial charge in [-0.1, -0.05) is 29.8 Å². The number of hydrogen-bond donors (Lipinski definition) is 1. The van der Waals surface area contributed by atoms with Crippen molar-refractivity contribution in [3.8, 4) is 0 Å². The smallest absolute Gasteiger partial charge is 0.267 e. The molecule has 4 nitrogen and oxygen atoms in total. The average Bonchev–Trinajstić information content (AvgIpc) is 2.57. The molecule has 0 aliphatic carbocycles. The summed E-state index contributed by atoms with van der Waals surface area (Å²) in [5.41, 5.74) is 0.542. The first kappa shape index (κ1) is 20.8. The summed E-state index contributed by atoms with van der Waals surface area (Å²) in [4.78, 5) is 25.3. The lowest BCUT2D eigenvalue weighted by atomic mass is 10.1. The number of hydrazine groups is 1. The van der Waals surface area contributed by atoms with Gasteiger partial charge in [0, 0.05) is 5.56 Å². The predicted octanol–water partition coefficient (Wildman–Crippen LogP) is 4.94. The van der Waals surface area contributed by atoms with Crippen molar-refractivity contribution >= 4 is 23.4 Å². The fraction of sp³-hybridized carbons (Fsp3) is 0.263. The summed E-state index contributed by atoms with van der Waals surface area (Å²) in [6.07, 6.45) is -4.58. The zero-order chi connectivity index (χ0) is 20.4. The molecule has 0 atom stereocenters. The highest BCUT2D eigenvalue weighted by atomic mass is 35.5. The van der Waals surface area contributed by atoms with Gasteiger partial charge in [-0.15, -0.1) is 0 Å². The molecular formula is C19H18ClF3N2O2. The molecule has 27 heavy (non-hydrogen) atoms. The first-order valence-electron chi connectivity index (χ1n) is 7.98. The number of nitrogens with one attached hydrogen (secondary N) is 1. The SMILES string of the molecule is CC(C)(C)N(NC(=O)c1cccc(C(F)(F)F)c1)C(=O)c1ccccc1Cl. The highest BCUT2D eigenvalue weighted by molar-refractivity contribution is 6.33. The molecule has 0 aromatic heterocycles. The molecule has 144 valence electrons. The zero-order valence-electron chi connectivity index (χ0n) is 14.9. The zero-order valence-corrected chi connectivity index (χ0v) is 15.7. The molecule has 2 aromatic carbocycles. The standard InChI is InChI=1S/C19H18ClF3N2O2/c1-18(2,3)25(17(27)14-9-4-5-10-15(14)20)24-16(26)12-7-6-8-13(11-12)19(21,22)23/h4-11H,1-3H3,(H,24,26). The molecule has 0 bridgehead atoms. The minimum absolute atomic E-state index is 0.165. The third-order valence-electron chi connectivity index (χ3n) is 3.64. The van der Waals surface area contributed by atoms with E-state index in [2.05, 4.69) is 5.43 Å². The largest absolute Gasteiger partial charge is 0.416 e. The van der Waals surface area contributed by atoms with Crippen LogP contribution >= 0.6 is 11.6 Å². The minimum atomic E-state index is -4.58. The van der Waals surface area contributed by atoms with E-state index in [-0.39, 0.29) is 16.1 Å². The second-order valence-electron chi connectivity index (χ2n) is 6.81. The van der Waals surface area contributed by atoms with Crippen LogP contribution in [0.25, 0.3) is 0 Å². The summed E-state index contributed by atoms with van der Waals surface area (Å²) >= 11 is 6.05. The van der Waals surface area contributed by atoms with Gasteiger partial charge in [0.1, 0.15) is 0 Å². The van der Waals surface area contributed by atoms with Gasteiger partial charge in [0.2, 0.25) is 0 Å². The second kappa shape index (κ2) is 7.60. The maximum atomic E-state index is 12.9. The van der Waals surface area contributed by atoms with E-state index in [1.165, 1.54) is 18.2 Å². The van der Waals surface area contributed by atoms with Crippen molar-refractivity contribution in [3.05, 3.63) is 70.2 Å². The summed E-state index contributed by atoms with van der Waals surface area (Å²) in [5, 5.41) is 1.25. The van der Waals surface area contributed by atoms with Gasteiger partial charge in [0.15, 0.2) is 0 Å². The second-order valence-corrected chi connectivity index (χ2v) is 7.22. The maximum absolute atomic E-state index is 12.9. The lowest BCUT2D eigenvalue weighted by Crippen LogP contribution is -2.56. The number of amides is 2. The normalized spacial score (nSPS) is 11.8. The van der Waals surface area contributed by atoms with Crippen molar-refractivity contribution in [3.63, 3.8) is 0 Å². The summed E-state index contributed by atoms with van der Waals surface area (Å²) in [5.74, 6) is -1.41. The number of nitrogens with zero attached hydrogens (tertiary/aromatic N) is 1. The number of alkyl halides is 3. The van der Waals surface area contributed by atoms with Crippen LogP contribution in [0.5, 0.6) is 0 Å². The van der Waals surface area contributed by atoms with Crippen LogP contribution in [0.4, 0.5) is 13.2 Å². The summed E-state index contributed by atoms with van der Waals surface area (Å²) < 4.78 is 38.6. The van der Waals surface area contributed by atoms with Gasteiger partial charge < -0.3 is 0 Å². The molecule has 0 aliphatic rings. The number of halogens is 4. The average molecular weight is 399 g/mol. The first-order chi connectivity index (χ1) is 12.4. The Morgan fingerprint density at radius 3 is 2.19 bits per heavy atom. The van der Waals surface area contributed by atoms with Crippen LogP contribution in [0.3, 0.4) is 0 Å². The first-order valence-corrected chi connectivity index (χ1v) is 8.36. The molecule has 0 heterocycles. The van der Waals surface area contributed by atoms with Gasteiger partial charge in [-0.25, -0.2) is 5.01 Å². The monoisotopic (exact) mass is 398 g/mol. The van der Waals surface area contributed by atoms with Crippen LogP contribution < -0.4 is 5.43 Å². The van der Waals surface area contributed by atoms with E-state index in [9.17, 15) is 22.8 Å². The fourth-order valence-corrected chi connectivity index (χ4v) is 2.50. The highest BCUT2D eigenvalue weighted by Gasteiger charge is 2.33. The molecule has 1 N–H and O–H groups in total. The van der Waals surface area contributed by atoms with E-state index < -0.39 is 29.1 Å². The Labute approximate surface area is 159 Å². The van der Waals surface area contributed by atoms with Crippen molar-refractivity contribution in [1.29, 1.82) is 0 Å². The lowest BCUT2D eigenvalue weighted by molar-refractivity contribution is -0.137. The van der Waals surface area contributed by atoms with Gasteiger partial charge in [-0.2, -0.15) is 13.2 Å². The Morgan fingerprint density at radius 2 is 1.63 bits per heavy atom. The van der Waals surface area contributed by atoms with Crippen molar-refractivity contribution in [1.82, 2.24) is 10.4 Å². The van der Waals surface area contributed by atoms with E-state index in [1.807, 2.05) is 0 Å². The summed E-state index contributed by atoms with van der Waals surface area (Å²) in [6.45, 7) is 5.02. The quantitative estimate of drug-likeness (QED) is 0.728. The van der Waals surface area contributed by atoms with Crippen LogP contribution in [0, 0.1) is 0 Å². The molecule has 2 rings (SSSR count). The van der Waals surface area contributed by atoms with E-state index in [0.29, 0.717) is 0 Å². The van der Waals surface area contributed by atoms with Crippen molar-refractivity contribution in [2.45, 2.75) is 32.5 Å². The molecule has 0 radical (unpaired) electrons. The van der Waals surface area contributed by atoms with Crippen LogP contribution in [0.2, 0.25) is 5.02 Å². The maximum Gasteiger partial charge on any atom is 0.416 e. The molecule has 0 aliphatic heterocycles. The molecular weight excluding hydrogens is 381 g/mol. The minimum Gasteiger partial charge on any atom is -0.267 e. The third-order valence-corrected chi connectivity index (χ3v) is 3.97. The number of benzene rings is 2. The van der Waals surface area contributed by atoms with Crippen LogP contribution in [-0.4, -0.2) is 22.4 Å². The number of hydrogen-bond acceptors (Lipinski definition) is 2. The van der Waals surface area contributed by atoms with Crippen molar-refractivity contribution in [2.75, 3.05) is 0 Å². The number of rotatable bonds is 2. The van der Waals surface area contributed by atoms with E-state index >= 15 is 0 Å². The van der Waals surface area contributed by atoms with Gasteiger partial charge in [-0.05, 0) is 51.1 Å². The fourth-order valence-electron chi connectivity index (χ4n) is 2.28. The van der Waals surface area contributed by atoms with Gasteiger partial charge >= 0.3 is 6.18 Å². The molecule has 0 spiro atoms. The molecule has 2 amide bonds. The van der Waals surface area contributed by atoms with Gasteiger partial charge in [0.25, 0.3) is 11.8 Å². The Bertz CT molecular complexity index is 861. The number of carbonyl (C=O) groups is 2. The molecule has 0 saturated carbocycles. The molecule has 2 aromatic rings. The predicted molar refractivity (Wildman–Crippen MR) is 96.3 cm³/mol. The van der Waals surface area contributed by atoms with E-state index in [0.717, 1.165) is 23.2 Å². The van der Waals surface area contributed by atoms with Gasteiger partial charge in [-0.3, -0.25) is 15.0 Å². The molecule has 0 fully saturated rings. The summed E-state index contributed by atoms with van der Waals surface area (Å²) in [7, 11) is 0. The highest BCUT2D eigenvalue weighted by Crippen LogP contribution is 2.29. The Balaban J connectivity index is 2.34. The molecule has 8 heteroatoms. The lowest BCUT2D eigenvalue weighted by Gasteiger charge is -2.35. The van der Waals surface area contributed by atoms with Crippen molar-refractivity contribution in [2.24, 2.45) is 0 Å². The summed E-state index contributed by atoms with van der Waals surface area (Å²) in [6, 6.07) is 10.3. The third kappa shape index (κ3) is 5.01. The topological polar surface area (TPSA) is 49.4 Å². The Hall–Kier alpha value is -2.54. The van der Waals surface area contributed by atoms with Crippen LogP contribution in [-0.2, 0) is 6.18 Å². The van der Waals surface area contributed by atoms with Crippen molar-refractivity contribution < 1.29 is 22.8 Å². The van der Waals surface area contributed by atoms with Gasteiger partial charge in [0.05, 0.1) is 21.7 Å². The Morgan fingerprint density at radius 1 is 1.00 bits per heavy atom. The Kier molecular flexibility index (Phi) is 5.85. The van der Waals surface area contributed by atoms with E-state index in [1.54, 1.807) is 32.9 Å².